The summed E-state index contributed by atoms with van der Waals surface area (Å²) in [5, 5.41) is 12.0. The van der Waals surface area contributed by atoms with Gasteiger partial charge in [-0.25, -0.2) is 0 Å². The van der Waals surface area contributed by atoms with Crippen molar-refractivity contribution >= 4 is 29.1 Å². The second kappa shape index (κ2) is 9.89. The smallest absolute Gasteiger partial charge is 0.234 e. The number of rotatable bonds is 9. The van der Waals surface area contributed by atoms with E-state index in [1.165, 1.54) is 18.7 Å². The third-order valence-electron chi connectivity index (χ3n) is 4.28. The SMILES string of the molecule is C=CCn1c(SCC(=O)Nc2ccc(C(C)=O)cc2)nnc1-c1ccccc1OC. The van der Waals surface area contributed by atoms with Gasteiger partial charge < -0.3 is 10.1 Å². The molecule has 7 nitrogen and oxygen atoms in total. The van der Waals surface area contributed by atoms with Crippen LogP contribution in [0.25, 0.3) is 11.4 Å². The van der Waals surface area contributed by atoms with Gasteiger partial charge >= 0.3 is 0 Å². The number of nitrogens with one attached hydrogen (secondary N) is 1. The molecule has 0 saturated heterocycles. The van der Waals surface area contributed by atoms with Gasteiger partial charge in [0, 0.05) is 17.8 Å². The van der Waals surface area contributed by atoms with E-state index >= 15 is 0 Å². The maximum atomic E-state index is 12.4. The molecule has 0 bridgehead atoms. The summed E-state index contributed by atoms with van der Waals surface area (Å²) in [6.07, 6.45) is 1.75. The lowest BCUT2D eigenvalue weighted by Gasteiger charge is -2.10. The molecule has 0 aliphatic heterocycles. The standard InChI is InChI=1S/C22H22N4O3S/c1-4-13-26-21(18-7-5-6-8-19(18)29-3)24-25-22(26)30-14-20(28)23-17-11-9-16(10-12-17)15(2)27/h4-12H,1,13-14H2,2-3H3,(H,23,28). The fourth-order valence-corrected chi connectivity index (χ4v) is 3.58. The highest BCUT2D eigenvalue weighted by atomic mass is 32.2. The average Bonchev–Trinajstić information content (AvgIpc) is 3.15. The normalized spacial score (nSPS) is 10.5. The fraction of sp³-hybridized carbons (Fsp3) is 0.182. The van der Waals surface area contributed by atoms with E-state index in [0.717, 1.165) is 5.56 Å². The van der Waals surface area contributed by atoms with Crippen molar-refractivity contribution in [1.82, 2.24) is 14.8 Å². The second-order valence-corrected chi connectivity index (χ2v) is 7.32. The molecular weight excluding hydrogens is 400 g/mol. The lowest BCUT2D eigenvalue weighted by molar-refractivity contribution is -0.113. The van der Waals surface area contributed by atoms with Gasteiger partial charge in [-0.3, -0.25) is 14.2 Å². The van der Waals surface area contributed by atoms with Gasteiger partial charge in [0.2, 0.25) is 5.91 Å². The zero-order chi connectivity index (χ0) is 21.5. The molecular formula is C22H22N4O3S. The Morgan fingerprint density at radius 3 is 2.57 bits per heavy atom. The number of amides is 1. The van der Waals surface area contributed by atoms with E-state index in [9.17, 15) is 9.59 Å². The molecule has 1 heterocycles. The van der Waals surface area contributed by atoms with Crippen LogP contribution in [0, 0.1) is 0 Å². The number of thioether (sulfide) groups is 1. The molecule has 3 rings (SSSR count). The second-order valence-electron chi connectivity index (χ2n) is 6.38. The van der Waals surface area contributed by atoms with Crippen molar-refractivity contribution in [2.75, 3.05) is 18.2 Å². The molecule has 3 aromatic rings. The Hall–Kier alpha value is -3.39. The Labute approximate surface area is 179 Å². The largest absolute Gasteiger partial charge is 0.496 e. The Morgan fingerprint density at radius 2 is 1.90 bits per heavy atom. The number of hydrogen-bond acceptors (Lipinski definition) is 6. The summed E-state index contributed by atoms with van der Waals surface area (Å²) in [7, 11) is 1.61. The number of anilines is 1. The lowest BCUT2D eigenvalue weighted by Crippen LogP contribution is -2.14. The van der Waals surface area contributed by atoms with Gasteiger partial charge in [-0.15, -0.1) is 16.8 Å². The van der Waals surface area contributed by atoms with Gasteiger partial charge in [0.15, 0.2) is 16.8 Å². The van der Waals surface area contributed by atoms with Crippen molar-refractivity contribution in [3.63, 3.8) is 0 Å². The lowest BCUT2D eigenvalue weighted by atomic mass is 10.1. The van der Waals surface area contributed by atoms with E-state index in [0.29, 0.717) is 34.5 Å². The van der Waals surface area contributed by atoms with Crippen LogP contribution in [0.1, 0.15) is 17.3 Å². The number of benzene rings is 2. The number of ether oxygens (including phenoxy) is 1. The summed E-state index contributed by atoms with van der Waals surface area (Å²) in [5.41, 5.74) is 2.05. The minimum absolute atomic E-state index is 0.0177. The van der Waals surface area contributed by atoms with E-state index in [1.807, 2.05) is 28.8 Å². The van der Waals surface area contributed by atoms with E-state index < -0.39 is 0 Å². The van der Waals surface area contributed by atoms with Crippen molar-refractivity contribution in [2.24, 2.45) is 0 Å². The van der Waals surface area contributed by atoms with Crippen LogP contribution in [-0.2, 0) is 11.3 Å². The van der Waals surface area contributed by atoms with E-state index in [-0.39, 0.29) is 17.4 Å². The summed E-state index contributed by atoms with van der Waals surface area (Å²) in [6.45, 7) is 5.80. The Balaban J connectivity index is 1.72. The summed E-state index contributed by atoms with van der Waals surface area (Å²) < 4.78 is 7.32. The number of hydrogen-bond donors (Lipinski definition) is 1. The number of para-hydroxylation sites is 1. The summed E-state index contributed by atoms with van der Waals surface area (Å²) >= 11 is 1.29. The first-order chi connectivity index (χ1) is 14.5. The van der Waals surface area contributed by atoms with Gasteiger partial charge in [-0.1, -0.05) is 30.0 Å². The maximum absolute atomic E-state index is 12.4. The molecule has 0 atom stereocenters. The first-order valence-corrected chi connectivity index (χ1v) is 10.2. The Morgan fingerprint density at radius 1 is 1.17 bits per heavy atom. The van der Waals surface area contributed by atoms with Crippen LogP contribution in [0.4, 0.5) is 5.69 Å². The van der Waals surface area contributed by atoms with Gasteiger partial charge in [0.05, 0.1) is 18.4 Å². The molecule has 0 unspecified atom stereocenters. The van der Waals surface area contributed by atoms with Crippen LogP contribution >= 0.6 is 11.8 Å². The van der Waals surface area contributed by atoms with Gasteiger partial charge in [-0.05, 0) is 43.3 Å². The van der Waals surface area contributed by atoms with Crippen LogP contribution in [0.15, 0.2) is 66.3 Å². The number of allylic oxidation sites excluding steroid dienone is 1. The zero-order valence-corrected chi connectivity index (χ0v) is 17.6. The number of carbonyl (C=O) groups is 2. The predicted molar refractivity (Wildman–Crippen MR) is 118 cm³/mol. The highest BCUT2D eigenvalue weighted by Gasteiger charge is 2.17. The minimum atomic E-state index is -0.178. The highest BCUT2D eigenvalue weighted by Crippen LogP contribution is 2.30. The highest BCUT2D eigenvalue weighted by molar-refractivity contribution is 7.99. The maximum Gasteiger partial charge on any atom is 0.234 e. The van der Waals surface area contributed by atoms with Crippen LogP contribution in [-0.4, -0.2) is 39.3 Å². The fourth-order valence-electron chi connectivity index (χ4n) is 2.83. The molecule has 0 spiro atoms. The number of nitrogens with zero attached hydrogens (tertiary/aromatic N) is 3. The van der Waals surface area contributed by atoms with Crippen molar-refractivity contribution in [3.8, 4) is 17.1 Å². The van der Waals surface area contributed by atoms with Crippen molar-refractivity contribution in [2.45, 2.75) is 18.6 Å². The van der Waals surface area contributed by atoms with Crippen LogP contribution < -0.4 is 10.1 Å². The van der Waals surface area contributed by atoms with Crippen LogP contribution in [0.5, 0.6) is 5.75 Å². The van der Waals surface area contributed by atoms with E-state index in [1.54, 1.807) is 37.5 Å². The molecule has 0 aliphatic carbocycles. The number of carbonyl (C=O) groups excluding carboxylic acids is 2. The molecule has 2 aromatic carbocycles. The van der Waals surface area contributed by atoms with Crippen molar-refractivity contribution in [1.29, 1.82) is 0 Å². The molecule has 0 aliphatic rings. The summed E-state index contributed by atoms with van der Waals surface area (Å²) in [4.78, 5) is 23.7. The van der Waals surface area contributed by atoms with E-state index in [2.05, 4.69) is 22.1 Å². The minimum Gasteiger partial charge on any atom is -0.496 e. The Kier molecular flexibility index (Phi) is 7.03. The average molecular weight is 423 g/mol. The summed E-state index contributed by atoms with van der Waals surface area (Å²) in [5.74, 6) is 1.31. The number of Topliss-reactive ketones (excluding diaryl/α,β-unsaturated/α-hetero) is 1. The molecule has 1 amide bonds. The molecule has 8 heteroatoms. The van der Waals surface area contributed by atoms with E-state index in [4.69, 9.17) is 4.74 Å². The van der Waals surface area contributed by atoms with Gasteiger partial charge in [0.25, 0.3) is 0 Å². The van der Waals surface area contributed by atoms with Crippen LogP contribution in [0.3, 0.4) is 0 Å². The van der Waals surface area contributed by atoms with Crippen LogP contribution in [0.2, 0.25) is 0 Å². The van der Waals surface area contributed by atoms with Crippen molar-refractivity contribution < 1.29 is 14.3 Å². The molecule has 0 saturated carbocycles. The third kappa shape index (κ3) is 4.96. The molecule has 154 valence electrons. The first kappa shape index (κ1) is 21.3. The van der Waals surface area contributed by atoms with Gasteiger partial charge in [-0.2, -0.15) is 0 Å². The van der Waals surface area contributed by atoms with Crippen molar-refractivity contribution in [3.05, 3.63) is 66.7 Å². The molecule has 0 radical (unpaired) electrons. The monoisotopic (exact) mass is 422 g/mol. The summed E-state index contributed by atoms with van der Waals surface area (Å²) in [6, 6.07) is 14.4. The quantitative estimate of drug-likeness (QED) is 0.318. The molecule has 1 aromatic heterocycles. The number of aromatic nitrogens is 3. The molecule has 0 fully saturated rings. The number of methoxy groups -OCH3 is 1. The molecule has 30 heavy (non-hydrogen) atoms. The first-order valence-electron chi connectivity index (χ1n) is 9.24. The number of ketones is 1. The topological polar surface area (TPSA) is 86.1 Å². The zero-order valence-electron chi connectivity index (χ0n) is 16.8. The third-order valence-corrected chi connectivity index (χ3v) is 5.25. The Bertz CT molecular complexity index is 1060. The predicted octanol–water partition coefficient (Wildman–Crippen LogP) is 4.07. The van der Waals surface area contributed by atoms with Gasteiger partial charge in [0.1, 0.15) is 5.75 Å². The molecule has 1 N–H and O–H groups in total.